The topological polar surface area (TPSA) is 58.1 Å². The molecule has 1 N–H and O–H groups in total. The van der Waals surface area contributed by atoms with Crippen molar-refractivity contribution in [1.29, 1.82) is 0 Å². The number of benzene rings is 1. The second-order valence-electron chi connectivity index (χ2n) is 4.92. The molecule has 20 heavy (non-hydrogen) atoms. The van der Waals surface area contributed by atoms with E-state index in [1.165, 1.54) is 0 Å². The van der Waals surface area contributed by atoms with Crippen molar-refractivity contribution in [3.63, 3.8) is 0 Å². The molecule has 5 heteroatoms. The summed E-state index contributed by atoms with van der Waals surface area (Å²) in [6.07, 6.45) is 2.13. The van der Waals surface area contributed by atoms with Gasteiger partial charge in [0, 0.05) is 18.8 Å². The van der Waals surface area contributed by atoms with Crippen molar-refractivity contribution in [2.24, 2.45) is 0 Å². The number of aromatic nitrogens is 2. The van der Waals surface area contributed by atoms with E-state index in [4.69, 9.17) is 0 Å². The number of nitrogens with zero attached hydrogens (tertiary/aromatic N) is 3. The van der Waals surface area contributed by atoms with E-state index in [1.807, 2.05) is 48.3 Å². The van der Waals surface area contributed by atoms with Crippen LogP contribution in [0.3, 0.4) is 0 Å². The van der Waals surface area contributed by atoms with Gasteiger partial charge in [0.05, 0.1) is 0 Å². The van der Waals surface area contributed by atoms with Gasteiger partial charge in [-0.15, -0.1) is 10.2 Å². The van der Waals surface area contributed by atoms with Gasteiger partial charge in [-0.05, 0) is 37.1 Å². The molecule has 1 aliphatic carbocycles. The van der Waals surface area contributed by atoms with Crippen LogP contribution in [0.15, 0.2) is 42.5 Å². The van der Waals surface area contributed by atoms with E-state index in [0.717, 1.165) is 18.5 Å². The van der Waals surface area contributed by atoms with Crippen molar-refractivity contribution in [2.45, 2.75) is 18.9 Å². The molecule has 1 fully saturated rings. The van der Waals surface area contributed by atoms with Gasteiger partial charge in [-0.3, -0.25) is 4.79 Å². The standard InChI is InChI=1S/C15H16N4O/c1-19(12-5-3-2-4-6-12)14-10-9-13(17-18-14)15(20)16-11-7-8-11/h2-6,9-11H,7-8H2,1H3,(H,16,20). The largest absolute Gasteiger partial charge is 0.348 e. The number of anilines is 2. The molecule has 1 heterocycles. The molecule has 1 aromatic heterocycles. The van der Waals surface area contributed by atoms with Crippen molar-refractivity contribution in [2.75, 3.05) is 11.9 Å². The van der Waals surface area contributed by atoms with Crippen LogP contribution in [0.25, 0.3) is 0 Å². The molecule has 1 amide bonds. The summed E-state index contributed by atoms with van der Waals surface area (Å²) in [5, 5.41) is 11.0. The molecule has 102 valence electrons. The molecule has 1 saturated carbocycles. The number of hydrogen-bond acceptors (Lipinski definition) is 4. The van der Waals surface area contributed by atoms with Gasteiger partial charge in [0.25, 0.3) is 5.91 Å². The van der Waals surface area contributed by atoms with E-state index in [1.54, 1.807) is 6.07 Å². The van der Waals surface area contributed by atoms with Crippen molar-refractivity contribution >= 4 is 17.4 Å². The molecule has 0 aliphatic heterocycles. The predicted molar refractivity (Wildman–Crippen MR) is 77.0 cm³/mol. The summed E-state index contributed by atoms with van der Waals surface area (Å²) >= 11 is 0. The zero-order valence-corrected chi connectivity index (χ0v) is 11.3. The van der Waals surface area contributed by atoms with Crippen LogP contribution in [-0.4, -0.2) is 29.2 Å². The Bertz CT molecular complexity index is 593. The quantitative estimate of drug-likeness (QED) is 0.923. The molecule has 0 radical (unpaired) electrons. The molecular formula is C15H16N4O. The third kappa shape index (κ3) is 2.77. The van der Waals surface area contributed by atoms with Gasteiger partial charge >= 0.3 is 0 Å². The SMILES string of the molecule is CN(c1ccccc1)c1ccc(C(=O)NC2CC2)nn1. The lowest BCUT2D eigenvalue weighted by molar-refractivity contribution is 0.0945. The van der Waals surface area contributed by atoms with E-state index >= 15 is 0 Å². The number of carbonyl (C=O) groups excluding carboxylic acids is 1. The Balaban J connectivity index is 1.73. The van der Waals surface area contributed by atoms with Gasteiger partial charge in [0.15, 0.2) is 11.5 Å². The zero-order chi connectivity index (χ0) is 13.9. The molecule has 1 aromatic carbocycles. The highest BCUT2D eigenvalue weighted by molar-refractivity contribution is 5.92. The Hall–Kier alpha value is -2.43. The minimum absolute atomic E-state index is 0.145. The average Bonchev–Trinajstić information content (AvgIpc) is 3.31. The summed E-state index contributed by atoms with van der Waals surface area (Å²) in [5.74, 6) is 0.563. The van der Waals surface area contributed by atoms with E-state index < -0.39 is 0 Å². The van der Waals surface area contributed by atoms with Gasteiger partial charge in [0.1, 0.15) is 0 Å². The Morgan fingerprint density at radius 1 is 1.15 bits per heavy atom. The Labute approximate surface area is 117 Å². The minimum atomic E-state index is -0.145. The predicted octanol–water partition coefficient (Wildman–Crippen LogP) is 2.14. The van der Waals surface area contributed by atoms with E-state index in [-0.39, 0.29) is 5.91 Å². The summed E-state index contributed by atoms with van der Waals surface area (Å²) in [6, 6.07) is 13.7. The summed E-state index contributed by atoms with van der Waals surface area (Å²) in [7, 11) is 1.92. The molecule has 0 spiro atoms. The molecule has 2 aromatic rings. The van der Waals surface area contributed by atoms with Gasteiger partial charge in [-0.2, -0.15) is 0 Å². The van der Waals surface area contributed by atoms with E-state index in [2.05, 4.69) is 15.5 Å². The molecule has 3 rings (SSSR count). The van der Waals surface area contributed by atoms with Crippen molar-refractivity contribution in [3.05, 3.63) is 48.2 Å². The Kier molecular flexibility index (Phi) is 3.33. The normalized spacial score (nSPS) is 13.8. The molecule has 0 saturated heterocycles. The second-order valence-corrected chi connectivity index (χ2v) is 4.92. The first-order chi connectivity index (χ1) is 9.74. The first kappa shape index (κ1) is 12.6. The third-order valence-electron chi connectivity index (χ3n) is 3.28. The van der Waals surface area contributed by atoms with E-state index in [0.29, 0.717) is 17.6 Å². The van der Waals surface area contributed by atoms with Crippen LogP contribution < -0.4 is 10.2 Å². The van der Waals surface area contributed by atoms with Crippen molar-refractivity contribution < 1.29 is 4.79 Å². The smallest absolute Gasteiger partial charge is 0.272 e. The van der Waals surface area contributed by atoms with Crippen LogP contribution in [0, 0.1) is 0 Å². The van der Waals surface area contributed by atoms with E-state index in [9.17, 15) is 4.79 Å². The molecular weight excluding hydrogens is 252 g/mol. The summed E-state index contributed by atoms with van der Waals surface area (Å²) in [4.78, 5) is 13.7. The molecule has 0 bridgehead atoms. The van der Waals surface area contributed by atoms with Gasteiger partial charge < -0.3 is 10.2 Å². The average molecular weight is 268 g/mol. The van der Waals surface area contributed by atoms with Gasteiger partial charge in [-0.1, -0.05) is 18.2 Å². The number of nitrogens with one attached hydrogen (secondary N) is 1. The van der Waals surface area contributed by atoms with Crippen molar-refractivity contribution in [1.82, 2.24) is 15.5 Å². The highest BCUT2D eigenvalue weighted by Crippen LogP contribution is 2.21. The molecule has 5 nitrogen and oxygen atoms in total. The monoisotopic (exact) mass is 268 g/mol. The summed E-state index contributed by atoms with van der Waals surface area (Å²) in [5.41, 5.74) is 1.39. The molecule has 0 unspecified atom stereocenters. The van der Waals surface area contributed by atoms with Crippen LogP contribution in [-0.2, 0) is 0 Å². The Morgan fingerprint density at radius 2 is 1.90 bits per heavy atom. The van der Waals surface area contributed by atoms with Crippen LogP contribution in [0.5, 0.6) is 0 Å². The Morgan fingerprint density at radius 3 is 2.50 bits per heavy atom. The number of carbonyl (C=O) groups is 1. The lowest BCUT2D eigenvalue weighted by Gasteiger charge is -2.17. The van der Waals surface area contributed by atoms with Gasteiger partial charge in [0.2, 0.25) is 0 Å². The maximum absolute atomic E-state index is 11.8. The maximum Gasteiger partial charge on any atom is 0.272 e. The fourth-order valence-electron chi connectivity index (χ4n) is 1.90. The number of hydrogen-bond donors (Lipinski definition) is 1. The second kappa shape index (κ2) is 5.28. The van der Waals surface area contributed by atoms with Crippen LogP contribution >= 0.6 is 0 Å². The summed E-state index contributed by atoms with van der Waals surface area (Å²) in [6.45, 7) is 0. The molecule has 1 aliphatic rings. The van der Waals surface area contributed by atoms with Crippen molar-refractivity contribution in [3.8, 4) is 0 Å². The minimum Gasteiger partial charge on any atom is -0.348 e. The molecule has 0 atom stereocenters. The van der Waals surface area contributed by atoms with Crippen LogP contribution in [0.2, 0.25) is 0 Å². The summed E-state index contributed by atoms with van der Waals surface area (Å²) < 4.78 is 0. The fraction of sp³-hybridized carbons (Fsp3) is 0.267. The highest BCUT2D eigenvalue weighted by atomic mass is 16.2. The lowest BCUT2D eigenvalue weighted by Crippen LogP contribution is -2.26. The lowest BCUT2D eigenvalue weighted by atomic mass is 10.3. The fourth-order valence-corrected chi connectivity index (χ4v) is 1.90. The third-order valence-corrected chi connectivity index (χ3v) is 3.28. The number of amides is 1. The first-order valence-corrected chi connectivity index (χ1v) is 6.67. The zero-order valence-electron chi connectivity index (χ0n) is 11.3. The van der Waals surface area contributed by atoms with Gasteiger partial charge in [-0.25, -0.2) is 0 Å². The van der Waals surface area contributed by atoms with Crippen LogP contribution in [0.1, 0.15) is 23.3 Å². The number of rotatable bonds is 4. The van der Waals surface area contributed by atoms with Crippen LogP contribution in [0.4, 0.5) is 11.5 Å². The maximum atomic E-state index is 11.8. The highest BCUT2D eigenvalue weighted by Gasteiger charge is 2.24. The number of para-hydroxylation sites is 1. The first-order valence-electron chi connectivity index (χ1n) is 6.67.